The SMILES string of the molecule is COc1ccnc(N2CCN(c3nnc(Cc4ccc(F)cc4)s3)CC2)c1. The summed E-state index contributed by atoms with van der Waals surface area (Å²) in [6.45, 7) is 3.47. The minimum atomic E-state index is -0.222. The molecule has 0 amide bonds. The van der Waals surface area contributed by atoms with Crippen LogP contribution in [0.2, 0.25) is 0 Å². The monoisotopic (exact) mass is 385 g/mol. The molecular formula is C19H20FN5OS. The Hall–Kier alpha value is -2.74. The molecule has 0 aliphatic carbocycles. The van der Waals surface area contributed by atoms with Crippen LogP contribution in [0.5, 0.6) is 5.75 Å². The molecule has 3 heterocycles. The molecule has 1 saturated heterocycles. The highest BCUT2D eigenvalue weighted by Crippen LogP contribution is 2.25. The largest absolute Gasteiger partial charge is 0.497 e. The molecule has 0 atom stereocenters. The quantitative estimate of drug-likeness (QED) is 0.673. The number of aromatic nitrogens is 3. The van der Waals surface area contributed by atoms with E-state index in [2.05, 4.69) is 25.0 Å². The fraction of sp³-hybridized carbons (Fsp3) is 0.316. The predicted molar refractivity (Wildman–Crippen MR) is 104 cm³/mol. The first-order valence-corrected chi connectivity index (χ1v) is 9.60. The molecule has 0 bridgehead atoms. The number of anilines is 2. The summed E-state index contributed by atoms with van der Waals surface area (Å²) < 4.78 is 18.3. The maximum atomic E-state index is 13.0. The first-order valence-electron chi connectivity index (χ1n) is 8.78. The average molecular weight is 385 g/mol. The van der Waals surface area contributed by atoms with Gasteiger partial charge in [0.15, 0.2) is 0 Å². The van der Waals surface area contributed by atoms with Gasteiger partial charge in [-0.15, -0.1) is 10.2 Å². The Bertz CT molecular complexity index is 893. The molecule has 1 fully saturated rings. The van der Waals surface area contributed by atoms with Crippen molar-refractivity contribution in [1.29, 1.82) is 0 Å². The number of pyridine rings is 1. The highest BCUT2D eigenvalue weighted by molar-refractivity contribution is 7.15. The molecule has 6 nitrogen and oxygen atoms in total. The number of halogens is 1. The van der Waals surface area contributed by atoms with E-state index in [1.165, 1.54) is 12.1 Å². The maximum absolute atomic E-state index is 13.0. The number of benzene rings is 1. The van der Waals surface area contributed by atoms with Gasteiger partial charge in [-0.25, -0.2) is 9.37 Å². The Balaban J connectivity index is 1.37. The first-order chi connectivity index (χ1) is 13.2. The standard InChI is InChI=1S/C19H20FN5OS/c1-26-16-6-7-21-17(13-16)24-8-10-25(11-9-24)19-23-22-18(27-19)12-14-2-4-15(20)5-3-14/h2-7,13H,8-12H2,1H3. The van der Waals surface area contributed by atoms with Gasteiger partial charge in [-0.05, 0) is 23.8 Å². The predicted octanol–water partition coefficient (Wildman–Crippen LogP) is 3.00. The van der Waals surface area contributed by atoms with Crippen molar-refractivity contribution in [1.82, 2.24) is 15.2 Å². The minimum Gasteiger partial charge on any atom is -0.497 e. The molecule has 1 aliphatic rings. The Kier molecular flexibility index (Phi) is 5.15. The molecule has 0 radical (unpaired) electrons. The number of ether oxygens (including phenoxy) is 1. The van der Waals surface area contributed by atoms with E-state index in [4.69, 9.17) is 4.74 Å². The lowest BCUT2D eigenvalue weighted by Crippen LogP contribution is -2.46. The van der Waals surface area contributed by atoms with Crippen LogP contribution in [0.4, 0.5) is 15.3 Å². The highest BCUT2D eigenvalue weighted by Gasteiger charge is 2.21. The molecule has 0 unspecified atom stereocenters. The zero-order valence-electron chi connectivity index (χ0n) is 15.0. The van der Waals surface area contributed by atoms with Crippen molar-refractivity contribution >= 4 is 22.3 Å². The van der Waals surface area contributed by atoms with Crippen molar-refractivity contribution < 1.29 is 9.13 Å². The van der Waals surface area contributed by atoms with Gasteiger partial charge in [-0.1, -0.05) is 23.5 Å². The van der Waals surface area contributed by atoms with Crippen LogP contribution < -0.4 is 14.5 Å². The van der Waals surface area contributed by atoms with Crippen LogP contribution in [0.25, 0.3) is 0 Å². The van der Waals surface area contributed by atoms with Gasteiger partial charge in [0.2, 0.25) is 5.13 Å². The van der Waals surface area contributed by atoms with E-state index in [1.54, 1.807) is 36.8 Å². The summed E-state index contributed by atoms with van der Waals surface area (Å²) >= 11 is 1.60. The molecular weight excluding hydrogens is 365 g/mol. The summed E-state index contributed by atoms with van der Waals surface area (Å²) in [7, 11) is 1.66. The van der Waals surface area contributed by atoms with E-state index >= 15 is 0 Å². The van der Waals surface area contributed by atoms with Crippen molar-refractivity contribution in [2.45, 2.75) is 6.42 Å². The van der Waals surface area contributed by atoms with Gasteiger partial charge >= 0.3 is 0 Å². The van der Waals surface area contributed by atoms with E-state index in [0.29, 0.717) is 6.42 Å². The summed E-state index contributed by atoms with van der Waals surface area (Å²) in [5, 5.41) is 10.5. The Morgan fingerprint density at radius 3 is 2.52 bits per heavy atom. The van der Waals surface area contributed by atoms with Gasteiger partial charge in [-0.2, -0.15) is 0 Å². The van der Waals surface area contributed by atoms with Crippen LogP contribution in [-0.4, -0.2) is 48.5 Å². The van der Waals surface area contributed by atoms with Crippen molar-refractivity contribution in [2.24, 2.45) is 0 Å². The molecule has 27 heavy (non-hydrogen) atoms. The molecule has 2 aromatic heterocycles. The van der Waals surface area contributed by atoms with Crippen molar-refractivity contribution in [3.05, 3.63) is 59.0 Å². The number of nitrogens with zero attached hydrogens (tertiary/aromatic N) is 5. The van der Waals surface area contributed by atoms with E-state index < -0.39 is 0 Å². The third-order valence-electron chi connectivity index (χ3n) is 4.55. The highest BCUT2D eigenvalue weighted by atomic mass is 32.1. The Morgan fingerprint density at radius 1 is 1.04 bits per heavy atom. The van der Waals surface area contributed by atoms with Crippen LogP contribution >= 0.6 is 11.3 Å². The fourth-order valence-electron chi connectivity index (χ4n) is 3.05. The van der Waals surface area contributed by atoms with Crippen LogP contribution in [-0.2, 0) is 6.42 Å². The van der Waals surface area contributed by atoms with E-state index in [1.807, 2.05) is 12.1 Å². The van der Waals surface area contributed by atoms with Gasteiger partial charge in [0.25, 0.3) is 0 Å². The second-order valence-electron chi connectivity index (χ2n) is 6.31. The van der Waals surface area contributed by atoms with E-state index in [9.17, 15) is 4.39 Å². The van der Waals surface area contributed by atoms with Crippen molar-refractivity contribution in [3.63, 3.8) is 0 Å². The van der Waals surface area contributed by atoms with Crippen LogP contribution in [0, 0.1) is 5.82 Å². The number of methoxy groups -OCH3 is 1. The smallest absolute Gasteiger partial charge is 0.208 e. The second-order valence-corrected chi connectivity index (χ2v) is 7.35. The number of rotatable bonds is 5. The fourth-order valence-corrected chi connectivity index (χ4v) is 3.97. The summed E-state index contributed by atoms with van der Waals surface area (Å²) in [5.41, 5.74) is 1.04. The first kappa shape index (κ1) is 17.7. The van der Waals surface area contributed by atoms with Crippen LogP contribution in [0.15, 0.2) is 42.6 Å². The minimum absolute atomic E-state index is 0.222. The lowest BCUT2D eigenvalue weighted by Gasteiger charge is -2.35. The normalized spacial score (nSPS) is 14.4. The number of hydrogen-bond acceptors (Lipinski definition) is 7. The van der Waals surface area contributed by atoms with E-state index in [0.717, 1.165) is 53.4 Å². The Labute approximate surface area is 161 Å². The molecule has 3 aromatic rings. The third kappa shape index (κ3) is 4.16. The van der Waals surface area contributed by atoms with Crippen molar-refractivity contribution in [2.75, 3.05) is 43.1 Å². The summed E-state index contributed by atoms with van der Waals surface area (Å²) in [4.78, 5) is 8.94. The van der Waals surface area contributed by atoms with Gasteiger partial charge in [0, 0.05) is 44.9 Å². The number of hydrogen-bond donors (Lipinski definition) is 0. The molecule has 0 saturated carbocycles. The summed E-state index contributed by atoms with van der Waals surface area (Å²) in [6.07, 6.45) is 2.44. The van der Waals surface area contributed by atoms with E-state index in [-0.39, 0.29) is 5.82 Å². The second kappa shape index (κ2) is 7.87. The lowest BCUT2D eigenvalue weighted by atomic mass is 10.2. The van der Waals surface area contributed by atoms with Crippen LogP contribution in [0.3, 0.4) is 0 Å². The molecule has 1 aromatic carbocycles. The average Bonchev–Trinajstić information content (AvgIpc) is 3.18. The molecule has 1 aliphatic heterocycles. The summed E-state index contributed by atoms with van der Waals surface area (Å²) in [5.74, 6) is 1.53. The van der Waals surface area contributed by atoms with Gasteiger partial charge in [0.1, 0.15) is 22.4 Å². The molecule has 0 N–H and O–H groups in total. The van der Waals surface area contributed by atoms with Crippen LogP contribution in [0.1, 0.15) is 10.6 Å². The number of piperazine rings is 1. The van der Waals surface area contributed by atoms with Gasteiger partial charge < -0.3 is 14.5 Å². The molecule has 0 spiro atoms. The Morgan fingerprint density at radius 2 is 1.78 bits per heavy atom. The molecule has 4 rings (SSSR count). The molecule has 140 valence electrons. The topological polar surface area (TPSA) is 54.4 Å². The third-order valence-corrected chi connectivity index (χ3v) is 5.54. The zero-order valence-corrected chi connectivity index (χ0v) is 15.8. The lowest BCUT2D eigenvalue weighted by molar-refractivity contribution is 0.414. The maximum Gasteiger partial charge on any atom is 0.208 e. The van der Waals surface area contributed by atoms with Gasteiger partial charge in [0.05, 0.1) is 7.11 Å². The van der Waals surface area contributed by atoms with Crippen molar-refractivity contribution in [3.8, 4) is 5.75 Å². The zero-order chi connectivity index (χ0) is 18.6. The van der Waals surface area contributed by atoms with Gasteiger partial charge in [-0.3, -0.25) is 0 Å². The summed E-state index contributed by atoms with van der Waals surface area (Å²) in [6, 6.07) is 10.3. The molecule has 8 heteroatoms.